The third-order valence-corrected chi connectivity index (χ3v) is 3.59. The maximum absolute atomic E-state index is 5.66. The van der Waals surface area contributed by atoms with Crippen molar-refractivity contribution in [2.45, 2.75) is 25.8 Å². The van der Waals surface area contributed by atoms with Crippen molar-refractivity contribution >= 4 is 0 Å². The molecule has 1 fully saturated rings. The zero-order chi connectivity index (χ0) is 11.4. The highest BCUT2D eigenvalue weighted by atomic mass is 15.1. The average molecular weight is 218 g/mol. The van der Waals surface area contributed by atoms with Crippen molar-refractivity contribution in [1.29, 1.82) is 0 Å². The molecule has 0 unspecified atom stereocenters. The molecular weight excluding hydrogens is 196 g/mol. The highest BCUT2D eigenvalue weighted by molar-refractivity contribution is 5.23. The smallest absolute Gasteiger partial charge is 0.0178 e. The summed E-state index contributed by atoms with van der Waals surface area (Å²) in [5.74, 6) is 0.865. The van der Waals surface area contributed by atoms with E-state index in [1.165, 1.54) is 43.5 Å². The van der Waals surface area contributed by atoms with Crippen LogP contribution in [0.15, 0.2) is 24.3 Å². The van der Waals surface area contributed by atoms with Crippen molar-refractivity contribution in [3.05, 3.63) is 35.4 Å². The van der Waals surface area contributed by atoms with Crippen molar-refractivity contribution in [2.75, 3.05) is 20.1 Å². The first-order valence-electron chi connectivity index (χ1n) is 6.24. The van der Waals surface area contributed by atoms with Gasteiger partial charge in [0, 0.05) is 6.54 Å². The SMILES string of the molecule is CN1CCC(Cc2cccc(CN)c2)CC1. The van der Waals surface area contributed by atoms with Gasteiger partial charge in [0.2, 0.25) is 0 Å². The Morgan fingerprint density at radius 3 is 2.62 bits per heavy atom. The van der Waals surface area contributed by atoms with Crippen molar-refractivity contribution < 1.29 is 0 Å². The fourth-order valence-corrected chi connectivity index (χ4v) is 2.48. The molecule has 0 aromatic heterocycles. The van der Waals surface area contributed by atoms with Crippen LogP contribution in [-0.4, -0.2) is 25.0 Å². The second-order valence-electron chi connectivity index (χ2n) is 4.97. The van der Waals surface area contributed by atoms with Crippen LogP contribution in [0.25, 0.3) is 0 Å². The summed E-state index contributed by atoms with van der Waals surface area (Å²) in [6.45, 7) is 3.16. The first kappa shape index (κ1) is 11.6. The molecule has 0 bridgehead atoms. The fourth-order valence-electron chi connectivity index (χ4n) is 2.48. The molecule has 0 spiro atoms. The number of hydrogen-bond donors (Lipinski definition) is 1. The number of rotatable bonds is 3. The van der Waals surface area contributed by atoms with Gasteiger partial charge in [-0.25, -0.2) is 0 Å². The van der Waals surface area contributed by atoms with E-state index in [0.717, 1.165) is 5.92 Å². The van der Waals surface area contributed by atoms with E-state index in [0.29, 0.717) is 6.54 Å². The highest BCUT2D eigenvalue weighted by Gasteiger charge is 2.16. The lowest BCUT2D eigenvalue weighted by molar-refractivity contribution is 0.219. The predicted molar refractivity (Wildman–Crippen MR) is 68.3 cm³/mol. The molecule has 1 aliphatic heterocycles. The molecule has 2 N–H and O–H groups in total. The first-order valence-corrected chi connectivity index (χ1v) is 6.24. The van der Waals surface area contributed by atoms with Crippen LogP contribution in [0.2, 0.25) is 0 Å². The molecular formula is C14H22N2. The monoisotopic (exact) mass is 218 g/mol. The van der Waals surface area contributed by atoms with E-state index >= 15 is 0 Å². The normalized spacial score (nSPS) is 18.9. The van der Waals surface area contributed by atoms with Gasteiger partial charge in [-0.05, 0) is 56.4 Å². The van der Waals surface area contributed by atoms with E-state index in [4.69, 9.17) is 5.73 Å². The Balaban J connectivity index is 1.93. The second-order valence-corrected chi connectivity index (χ2v) is 4.97. The molecule has 88 valence electrons. The average Bonchev–Trinajstić information content (AvgIpc) is 2.32. The summed E-state index contributed by atoms with van der Waals surface area (Å²) in [7, 11) is 2.21. The Morgan fingerprint density at radius 1 is 1.25 bits per heavy atom. The van der Waals surface area contributed by atoms with Gasteiger partial charge in [-0.3, -0.25) is 0 Å². The summed E-state index contributed by atoms with van der Waals surface area (Å²) in [6.07, 6.45) is 3.90. The van der Waals surface area contributed by atoms with Crippen LogP contribution in [0.3, 0.4) is 0 Å². The third-order valence-electron chi connectivity index (χ3n) is 3.59. The Labute approximate surface area is 98.4 Å². The van der Waals surface area contributed by atoms with Gasteiger partial charge in [-0.2, -0.15) is 0 Å². The van der Waals surface area contributed by atoms with Gasteiger partial charge >= 0.3 is 0 Å². The number of nitrogens with two attached hydrogens (primary N) is 1. The van der Waals surface area contributed by atoms with Crippen LogP contribution in [0.5, 0.6) is 0 Å². The summed E-state index contributed by atoms with van der Waals surface area (Å²) in [5, 5.41) is 0. The summed E-state index contributed by atoms with van der Waals surface area (Å²) in [4.78, 5) is 2.42. The predicted octanol–water partition coefficient (Wildman–Crippen LogP) is 2.03. The Morgan fingerprint density at radius 2 is 1.94 bits per heavy atom. The van der Waals surface area contributed by atoms with E-state index in [1.807, 2.05) is 0 Å². The number of nitrogens with zero attached hydrogens (tertiary/aromatic N) is 1. The zero-order valence-electron chi connectivity index (χ0n) is 10.2. The number of benzene rings is 1. The highest BCUT2D eigenvalue weighted by Crippen LogP contribution is 2.21. The standard InChI is InChI=1S/C14H22N2/c1-16-7-5-12(6-8-16)9-13-3-2-4-14(10-13)11-15/h2-4,10,12H,5-9,11,15H2,1H3. The number of likely N-dealkylation sites (tertiary alicyclic amines) is 1. The summed E-state index contributed by atoms with van der Waals surface area (Å²) < 4.78 is 0. The van der Waals surface area contributed by atoms with Crippen molar-refractivity contribution in [2.24, 2.45) is 11.7 Å². The molecule has 0 atom stereocenters. The molecule has 1 saturated heterocycles. The minimum atomic E-state index is 0.654. The van der Waals surface area contributed by atoms with Crippen LogP contribution < -0.4 is 5.73 Å². The largest absolute Gasteiger partial charge is 0.326 e. The van der Waals surface area contributed by atoms with Crippen LogP contribution in [0, 0.1) is 5.92 Å². The number of hydrogen-bond acceptors (Lipinski definition) is 2. The van der Waals surface area contributed by atoms with E-state index in [2.05, 4.69) is 36.2 Å². The van der Waals surface area contributed by atoms with E-state index in [-0.39, 0.29) is 0 Å². The maximum atomic E-state index is 5.66. The number of piperidine rings is 1. The van der Waals surface area contributed by atoms with Crippen molar-refractivity contribution in [3.8, 4) is 0 Å². The Hall–Kier alpha value is -0.860. The van der Waals surface area contributed by atoms with Gasteiger partial charge < -0.3 is 10.6 Å². The third kappa shape index (κ3) is 3.06. The summed E-state index contributed by atoms with van der Waals surface area (Å²) in [6, 6.07) is 8.74. The van der Waals surface area contributed by atoms with Crippen molar-refractivity contribution in [3.63, 3.8) is 0 Å². The molecule has 2 nitrogen and oxygen atoms in total. The molecule has 2 heteroatoms. The molecule has 1 aromatic carbocycles. The molecule has 0 aliphatic carbocycles. The van der Waals surface area contributed by atoms with E-state index in [9.17, 15) is 0 Å². The molecule has 0 amide bonds. The minimum absolute atomic E-state index is 0.654. The maximum Gasteiger partial charge on any atom is 0.0178 e. The van der Waals surface area contributed by atoms with Gasteiger partial charge in [-0.1, -0.05) is 24.3 Å². The van der Waals surface area contributed by atoms with Crippen LogP contribution in [0.1, 0.15) is 24.0 Å². The molecule has 1 aliphatic rings. The van der Waals surface area contributed by atoms with Gasteiger partial charge in [0.15, 0.2) is 0 Å². The molecule has 1 heterocycles. The summed E-state index contributed by atoms with van der Waals surface area (Å²) in [5.41, 5.74) is 8.37. The van der Waals surface area contributed by atoms with Gasteiger partial charge in [0.1, 0.15) is 0 Å². The molecule has 16 heavy (non-hydrogen) atoms. The minimum Gasteiger partial charge on any atom is -0.326 e. The lowest BCUT2D eigenvalue weighted by Gasteiger charge is -2.29. The van der Waals surface area contributed by atoms with Crippen molar-refractivity contribution in [1.82, 2.24) is 4.90 Å². The van der Waals surface area contributed by atoms with Crippen LogP contribution in [-0.2, 0) is 13.0 Å². The molecule has 2 rings (SSSR count). The molecule has 1 aromatic rings. The van der Waals surface area contributed by atoms with E-state index in [1.54, 1.807) is 0 Å². The van der Waals surface area contributed by atoms with Crippen LogP contribution >= 0.6 is 0 Å². The fraction of sp³-hybridized carbons (Fsp3) is 0.571. The summed E-state index contributed by atoms with van der Waals surface area (Å²) >= 11 is 0. The second kappa shape index (κ2) is 5.46. The van der Waals surface area contributed by atoms with Gasteiger partial charge in [0.05, 0.1) is 0 Å². The van der Waals surface area contributed by atoms with Gasteiger partial charge in [0.25, 0.3) is 0 Å². The lowest BCUT2D eigenvalue weighted by Crippen LogP contribution is -2.30. The van der Waals surface area contributed by atoms with Crippen LogP contribution in [0.4, 0.5) is 0 Å². The molecule has 0 radical (unpaired) electrons. The topological polar surface area (TPSA) is 29.3 Å². The Kier molecular flexibility index (Phi) is 3.97. The quantitative estimate of drug-likeness (QED) is 0.841. The Bertz CT molecular complexity index is 327. The van der Waals surface area contributed by atoms with E-state index < -0.39 is 0 Å². The zero-order valence-corrected chi connectivity index (χ0v) is 10.2. The first-order chi connectivity index (χ1) is 7.78. The molecule has 0 saturated carbocycles. The lowest BCUT2D eigenvalue weighted by atomic mass is 9.90. The van der Waals surface area contributed by atoms with Gasteiger partial charge in [-0.15, -0.1) is 0 Å².